The molecule has 2 aromatic rings. The molecule has 26 heavy (non-hydrogen) atoms. The lowest BCUT2D eigenvalue weighted by Crippen LogP contribution is -2.30. The van der Waals surface area contributed by atoms with Crippen molar-refractivity contribution in [1.82, 2.24) is 5.32 Å². The average molecular weight is 441 g/mol. The van der Waals surface area contributed by atoms with Gasteiger partial charge in [0.2, 0.25) is 5.91 Å². The van der Waals surface area contributed by atoms with E-state index in [2.05, 4.69) is 31.9 Å². The van der Waals surface area contributed by atoms with Gasteiger partial charge in [-0.05, 0) is 48.9 Å². The van der Waals surface area contributed by atoms with Crippen LogP contribution in [0.3, 0.4) is 0 Å². The monoisotopic (exact) mass is 439 g/mol. The van der Waals surface area contributed by atoms with Gasteiger partial charge in [0.1, 0.15) is 5.75 Å². The maximum atomic E-state index is 11.8. The van der Waals surface area contributed by atoms with E-state index in [0.717, 1.165) is 4.47 Å². The van der Waals surface area contributed by atoms with E-state index in [-0.39, 0.29) is 11.9 Å². The Hall–Kier alpha value is -2.25. The summed E-state index contributed by atoms with van der Waals surface area (Å²) >= 11 is 9.40. The molecule has 0 aromatic heterocycles. The van der Waals surface area contributed by atoms with E-state index in [4.69, 9.17) is 16.3 Å². The molecule has 0 heterocycles. The average Bonchev–Trinajstić information content (AvgIpc) is 2.57. The largest absolute Gasteiger partial charge is 0.492 e. The lowest BCUT2D eigenvalue weighted by molar-refractivity contribution is -0.114. The van der Waals surface area contributed by atoms with Crippen molar-refractivity contribution in [1.29, 1.82) is 0 Å². The molecule has 8 heteroatoms. The van der Waals surface area contributed by atoms with Crippen molar-refractivity contribution in [3.8, 4) is 5.75 Å². The highest BCUT2D eigenvalue weighted by atomic mass is 79.9. The Balaban J connectivity index is 1.66. The van der Waals surface area contributed by atoms with Crippen LogP contribution in [0.2, 0.25) is 5.02 Å². The second-order valence-corrected chi connectivity index (χ2v) is 6.74. The highest BCUT2D eigenvalue weighted by molar-refractivity contribution is 9.10. The van der Waals surface area contributed by atoms with E-state index in [0.29, 0.717) is 41.7 Å². The first-order valence-electron chi connectivity index (χ1n) is 7.94. The smallest absolute Gasteiger partial charge is 0.319 e. The lowest BCUT2D eigenvalue weighted by atomic mass is 10.3. The molecule has 0 saturated carbocycles. The van der Waals surface area contributed by atoms with Gasteiger partial charge in [-0.3, -0.25) is 4.79 Å². The Labute approximate surface area is 165 Å². The molecule has 0 spiro atoms. The Kier molecular flexibility index (Phi) is 7.74. The fraction of sp³-hybridized carbons (Fsp3) is 0.222. The molecule has 0 bridgehead atoms. The van der Waals surface area contributed by atoms with Crippen LogP contribution < -0.4 is 20.7 Å². The number of hydrogen-bond acceptors (Lipinski definition) is 3. The van der Waals surface area contributed by atoms with Crippen molar-refractivity contribution in [2.75, 3.05) is 23.8 Å². The summed E-state index contributed by atoms with van der Waals surface area (Å²) in [6, 6.07) is 12.0. The van der Waals surface area contributed by atoms with Gasteiger partial charge in [-0.25, -0.2) is 4.79 Å². The molecule has 0 fully saturated rings. The Morgan fingerprint density at radius 1 is 1.08 bits per heavy atom. The molecule has 6 nitrogen and oxygen atoms in total. The van der Waals surface area contributed by atoms with E-state index >= 15 is 0 Å². The van der Waals surface area contributed by atoms with Crippen LogP contribution in [0.15, 0.2) is 46.9 Å². The number of halogens is 2. The summed E-state index contributed by atoms with van der Waals surface area (Å²) < 4.78 is 6.47. The van der Waals surface area contributed by atoms with Gasteiger partial charge in [-0.1, -0.05) is 27.5 Å². The van der Waals surface area contributed by atoms with Crippen molar-refractivity contribution < 1.29 is 14.3 Å². The zero-order valence-corrected chi connectivity index (χ0v) is 16.5. The fourth-order valence-corrected chi connectivity index (χ4v) is 2.79. The van der Waals surface area contributed by atoms with E-state index in [1.165, 1.54) is 6.92 Å². The van der Waals surface area contributed by atoms with Crippen LogP contribution in [0, 0.1) is 0 Å². The standard InChI is InChI=1S/C18H19BrClN3O3/c1-12(24)22-14-4-6-15(7-5-14)23-18(25)21-9-2-10-26-17-8-3-13(19)11-16(17)20/h3-8,11H,2,9-10H2,1H3,(H,22,24)(H2,21,23,25). The number of benzene rings is 2. The number of amides is 3. The SMILES string of the molecule is CC(=O)Nc1ccc(NC(=O)NCCCOc2ccc(Br)cc2Cl)cc1. The van der Waals surface area contributed by atoms with Gasteiger partial charge < -0.3 is 20.7 Å². The number of urea groups is 1. The summed E-state index contributed by atoms with van der Waals surface area (Å²) in [5.74, 6) is 0.466. The maximum Gasteiger partial charge on any atom is 0.319 e. The van der Waals surface area contributed by atoms with E-state index in [1.54, 1.807) is 36.4 Å². The van der Waals surface area contributed by atoms with Crippen LogP contribution in [0.5, 0.6) is 5.75 Å². The van der Waals surface area contributed by atoms with Crippen molar-refractivity contribution in [2.24, 2.45) is 0 Å². The van der Waals surface area contributed by atoms with Gasteiger partial charge in [0.25, 0.3) is 0 Å². The van der Waals surface area contributed by atoms with Gasteiger partial charge >= 0.3 is 6.03 Å². The minimum atomic E-state index is -0.307. The number of ether oxygens (including phenoxy) is 1. The molecule has 0 aliphatic carbocycles. The molecule has 138 valence electrons. The third kappa shape index (κ3) is 6.93. The van der Waals surface area contributed by atoms with E-state index < -0.39 is 0 Å². The number of hydrogen-bond donors (Lipinski definition) is 3. The van der Waals surface area contributed by atoms with Gasteiger partial charge in [0.15, 0.2) is 0 Å². The minimum Gasteiger partial charge on any atom is -0.492 e. The summed E-state index contributed by atoms with van der Waals surface area (Å²) in [5, 5.41) is 8.66. The first-order valence-corrected chi connectivity index (χ1v) is 9.11. The Morgan fingerprint density at radius 2 is 1.73 bits per heavy atom. The fourth-order valence-electron chi connectivity index (χ4n) is 2.06. The number of anilines is 2. The van der Waals surface area contributed by atoms with E-state index in [1.807, 2.05) is 6.07 Å². The van der Waals surface area contributed by atoms with Crippen LogP contribution in [-0.4, -0.2) is 25.1 Å². The molecule has 0 aliphatic rings. The molecule has 0 atom stereocenters. The van der Waals surface area contributed by atoms with Gasteiger partial charge in [-0.2, -0.15) is 0 Å². The highest BCUT2D eigenvalue weighted by Crippen LogP contribution is 2.27. The van der Waals surface area contributed by atoms with Crippen molar-refractivity contribution in [3.63, 3.8) is 0 Å². The van der Waals surface area contributed by atoms with Crippen LogP contribution in [0.25, 0.3) is 0 Å². The molecule has 0 unspecified atom stereocenters. The zero-order chi connectivity index (χ0) is 18.9. The number of carbonyl (C=O) groups excluding carboxylic acids is 2. The number of nitrogens with one attached hydrogen (secondary N) is 3. The summed E-state index contributed by atoms with van der Waals surface area (Å²) in [6.07, 6.45) is 0.640. The van der Waals surface area contributed by atoms with Crippen molar-refractivity contribution in [2.45, 2.75) is 13.3 Å². The number of carbonyl (C=O) groups is 2. The summed E-state index contributed by atoms with van der Waals surface area (Å²) in [6.45, 7) is 2.34. The molecule has 2 aromatic carbocycles. The first kappa shape index (κ1) is 20.1. The van der Waals surface area contributed by atoms with E-state index in [9.17, 15) is 9.59 Å². The Morgan fingerprint density at radius 3 is 2.35 bits per heavy atom. The minimum absolute atomic E-state index is 0.143. The van der Waals surface area contributed by atoms with Crippen LogP contribution >= 0.6 is 27.5 Å². The summed E-state index contributed by atoms with van der Waals surface area (Å²) in [4.78, 5) is 22.8. The van der Waals surface area contributed by atoms with Crippen LogP contribution in [0.4, 0.5) is 16.2 Å². The second kappa shape index (κ2) is 10.0. The van der Waals surface area contributed by atoms with Crippen LogP contribution in [-0.2, 0) is 4.79 Å². The van der Waals surface area contributed by atoms with Crippen molar-refractivity contribution >= 4 is 50.8 Å². The third-order valence-electron chi connectivity index (χ3n) is 3.22. The third-order valence-corrected chi connectivity index (χ3v) is 4.01. The molecule has 3 amide bonds. The molecular formula is C18H19BrClN3O3. The van der Waals surface area contributed by atoms with Gasteiger partial charge in [0.05, 0.1) is 11.6 Å². The predicted octanol–water partition coefficient (Wildman–Crippen LogP) is 4.65. The predicted molar refractivity (Wildman–Crippen MR) is 107 cm³/mol. The Bertz CT molecular complexity index is 769. The molecule has 2 rings (SSSR count). The zero-order valence-electron chi connectivity index (χ0n) is 14.1. The number of rotatable bonds is 7. The molecule has 0 radical (unpaired) electrons. The first-order chi connectivity index (χ1) is 12.4. The molecule has 0 saturated heterocycles. The quantitative estimate of drug-likeness (QED) is 0.548. The summed E-state index contributed by atoms with van der Waals surface area (Å²) in [5.41, 5.74) is 1.31. The van der Waals surface area contributed by atoms with Gasteiger partial charge in [-0.15, -0.1) is 0 Å². The van der Waals surface area contributed by atoms with Gasteiger partial charge in [0, 0.05) is 29.3 Å². The molecule has 0 aliphatic heterocycles. The van der Waals surface area contributed by atoms with Crippen LogP contribution in [0.1, 0.15) is 13.3 Å². The topological polar surface area (TPSA) is 79.5 Å². The highest BCUT2D eigenvalue weighted by Gasteiger charge is 2.04. The second-order valence-electron chi connectivity index (χ2n) is 5.42. The van der Waals surface area contributed by atoms with Crippen molar-refractivity contribution in [3.05, 3.63) is 52.0 Å². The normalized spacial score (nSPS) is 10.1. The maximum absolute atomic E-state index is 11.8. The lowest BCUT2D eigenvalue weighted by Gasteiger charge is -2.10. The molecular weight excluding hydrogens is 422 g/mol. The molecule has 3 N–H and O–H groups in total. The summed E-state index contributed by atoms with van der Waals surface area (Å²) in [7, 11) is 0.